The molecule has 0 bridgehead atoms. The zero-order chi connectivity index (χ0) is 18.8. The first-order chi connectivity index (χ1) is 12.4. The van der Waals surface area contributed by atoms with Crippen molar-refractivity contribution < 1.29 is 25.2 Å². The lowest BCUT2D eigenvalue weighted by molar-refractivity contribution is -0.207. The number of phenolic OH excluding ortho intramolecular Hbond substituents is 1. The van der Waals surface area contributed by atoms with E-state index in [2.05, 4.69) is 0 Å². The second kappa shape index (κ2) is 7.94. The fourth-order valence-corrected chi connectivity index (χ4v) is 3.51. The van der Waals surface area contributed by atoms with E-state index in [1.807, 2.05) is 18.2 Å². The van der Waals surface area contributed by atoms with Crippen molar-refractivity contribution in [2.24, 2.45) is 5.92 Å². The second-order valence-corrected chi connectivity index (χ2v) is 7.22. The van der Waals surface area contributed by atoms with Crippen LogP contribution in [0.4, 0.5) is 0 Å². The maximum absolute atomic E-state index is 10.4. The maximum atomic E-state index is 10.4. The van der Waals surface area contributed by atoms with Crippen LogP contribution < -0.4 is 0 Å². The molecule has 1 heterocycles. The largest absolute Gasteiger partial charge is 0.508 e. The molecule has 0 spiro atoms. The minimum Gasteiger partial charge on any atom is -0.508 e. The van der Waals surface area contributed by atoms with Crippen LogP contribution in [-0.4, -0.2) is 45.3 Å². The lowest BCUT2D eigenvalue weighted by Gasteiger charge is -2.41. The predicted molar refractivity (Wildman–Crippen MR) is 98.2 cm³/mol. The Bertz CT molecular complexity index is 746. The van der Waals surface area contributed by atoms with Crippen LogP contribution in [0, 0.1) is 5.92 Å². The Hall–Kier alpha value is -1.63. The third kappa shape index (κ3) is 3.87. The molecule has 5 atom stereocenters. The van der Waals surface area contributed by atoms with Crippen LogP contribution in [0.3, 0.4) is 0 Å². The van der Waals surface area contributed by atoms with Crippen molar-refractivity contribution in [3.8, 4) is 5.75 Å². The summed E-state index contributed by atoms with van der Waals surface area (Å²) in [5, 5.41) is 40.2. The van der Waals surface area contributed by atoms with Crippen LogP contribution in [-0.2, 0) is 11.2 Å². The molecule has 0 radical (unpaired) electrons. The van der Waals surface area contributed by atoms with Gasteiger partial charge in [0.1, 0.15) is 18.0 Å². The number of aromatic hydroxyl groups is 1. The molecule has 0 aliphatic carbocycles. The van der Waals surface area contributed by atoms with E-state index in [0.29, 0.717) is 17.0 Å². The van der Waals surface area contributed by atoms with Crippen LogP contribution in [0.15, 0.2) is 42.5 Å². The molecular formula is C20H23ClO5. The topological polar surface area (TPSA) is 90.2 Å². The summed E-state index contributed by atoms with van der Waals surface area (Å²) in [5.41, 5.74) is 2.52. The zero-order valence-corrected chi connectivity index (χ0v) is 15.2. The van der Waals surface area contributed by atoms with Gasteiger partial charge in [-0.2, -0.15) is 0 Å². The first kappa shape index (κ1) is 19.1. The molecule has 4 N–H and O–H groups in total. The molecule has 26 heavy (non-hydrogen) atoms. The summed E-state index contributed by atoms with van der Waals surface area (Å²) >= 11 is 6.32. The highest BCUT2D eigenvalue weighted by atomic mass is 35.5. The molecule has 6 heteroatoms. The Labute approximate surface area is 157 Å². The predicted octanol–water partition coefficient (Wildman–Crippen LogP) is 2.43. The van der Waals surface area contributed by atoms with Crippen molar-refractivity contribution in [1.29, 1.82) is 0 Å². The van der Waals surface area contributed by atoms with Gasteiger partial charge in [-0.3, -0.25) is 0 Å². The normalized spacial score (nSPS) is 28.9. The molecule has 0 saturated carbocycles. The number of hydrogen-bond donors (Lipinski definition) is 4. The number of ether oxygens (including phenoxy) is 1. The van der Waals surface area contributed by atoms with Crippen LogP contribution >= 0.6 is 11.6 Å². The molecule has 2 aromatic rings. The van der Waals surface area contributed by atoms with Crippen molar-refractivity contribution in [3.05, 3.63) is 64.2 Å². The van der Waals surface area contributed by atoms with Crippen molar-refractivity contribution in [2.45, 2.75) is 37.8 Å². The molecular weight excluding hydrogens is 356 g/mol. The molecule has 1 aliphatic rings. The van der Waals surface area contributed by atoms with Crippen molar-refractivity contribution in [1.82, 2.24) is 0 Å². The Balaban J connectivity index is 1.87. The van der Waals surface area contributed by atoms with E-state index in [1.54, 1.807) is 31.2 Å². The van der Waals surface area contributed by atoms with Gasteiger partial charge < -0.3 is 25.2 Å². The highest BCUT2D eigenvalue weighted by Gasteiger charge is 2.42. The molecule has 3 rings (SSSR count). The van der Waals surface area contributed by atoms with Crippen LogP contribution in [0.2, 0.25) is 5.02 Å². The number of phenols is 1. The molecule has 1 saturated heterocycles. The molecule has 2 aromatic carbocycles. The first-order valence-electron chi connectivity index (χ1n) is 8.59. The fourth-order valence-electron chi connectivity index (χ4n) is 3.33. The van der Waals surface area contributed by atoms with Crippen molar-refractivity contribution >= 4 is 11.6 Å². The summed E-state index contributed by atoms with van der Waals surface area (Å²) in [6, 6.07) is 12.2. The highest BCUT2D eigenvalue weighted by molar-refractivity contribution is 6.31. The maximum Gasteiger partial charge on any atom is 0.115 e. The molecule has 0 amide bonds. The summed E-state index contributed by atoms with van der Waals surface area (Å²) in [4.78, 5) is 0. The van der Waals surface area contributed by atoms with Gasteiger partial charge in [0, 0.05) is 10.9 Å². The summed E-state index contributed by atoms with van der Waals surface area (Å²) < 4.78 is 5.84. The first-order valence-corrected chi connectivity index (χ1v) is 8.97. The average Bonchev–Trinajstić information content (AvgIpc) is 2.64. The lowest BCUT2D eigenvalue weighted by atomic mass is 9.85. The minimum absolute atomic E-state index is 0.200. The van der Waals surface area contributed by atoms with Crippen LogP contribution in [0.5, 0.6) is 5.75 Å². The summed E-state index contributed by atoms with van der Waals surface area (Å²) in [6.07, 6.45) is -2.81. The number of halogens is 1. The number of hydrogen-bond acceptors (Lipinski definition) is 5. The van der Waals surface area contributed by atoms with Gasteiger partial charge in [-0.25, -0.2) is 0 Å². The third-order valence-electron chi connectivity index (χ3n) is 5.02. The molecule has 5 nitrogen and oxygen atoms in total. The smallest absolute Gasteiger partial charge is 0.115 e. The Morgan fingerprint density at radius 1 is 1.04 bits per heavy atom. The number of aliphatic hydroxyl groups is 3. The molecule has 0 aromatic heterocycles. The Morgan fingerprint density at radius 3 is 2.38 bits per heavy atom. The Kier molecular flexibility index (Phi) is 5.85. The molecule has 1 aliphatic heterocycles. The van der Waals surface area contributed by atoms with Gasteiger partial charge >= 0.3 is 0 Å². The summed E-state index contributed by atoms with van der Waals surface area (Å²) in [5.74, 6) is -0.166. The molecule has 1 fully saturated rings. The van der Waals surface area contributed by atoms with Gasteiger partial charge in [0.15, 0.2) is 0 Å². The van der Waals surface area contributed by atoms with Crippen molar-refractivity contribution in [3.63, 3.8) is 0 Å². The summed E-state index contributed by atoms with van der Waals surface area (Å²) in [7, 11) is 0. The molecule has 1 unspecified atom stereocenters. The second-order valence-electron chi connectivity index (χ2n) is 6.81. The lowest BCUT2D eigenvalue weighted by Crippen LogP contribution is -2.50. The fraction of sp³-hybridized carbons (Fsp3) is 0.400. The monoisotopic (exact) mass is 378 g/mol. The van der Waals surface area contributed by atoms with Crippen LogP contribution in [0.25, 0.3) is 0 Å². The SMILES string of the molecule is C[C@H]1[C@H](O)[C@@H](O)C(c2ccc(Cl)c(Cc3ccc(O)cc3)c2)O[C@@H]1CO. The van der Waals surface area contributed by atoms with E-state index in [0.717, 1.165) is 11.1 Å². The third-order valence-corrected chi connectivity index (χ3v) is 5.38. The van der Waals surface area contributed by atoms with Gasteiger partial charge in [0.2, 0.25) is 0 Å². The average molecular weight is 379 g/mol. The Morgan fingerprint density at radius 2 is 1.73 bits per heavy atom. The van der Waals surface area contributed by atoms with Gasteiger partial charge in [-0.15, -0.1) is 0 Å². The van der Waals surface area contributed by atoms with E-state index >= 15 is 0 Å². The van der Waals surface area contributed by atoms with Gasteiger partial charge in [0.25, 0.3) is 0 Å². The van der Waals surface area contributed by atoms with Gasteiger partial charge in [-0.05, 0) is 41.3 Å². The van der Waals surface area contributed by atoms with Gasteiger partial charge in [0.05, 0.1) is 18.8 Å². The standard InChI is InChI=1S/C20H23ClO5/c1-11-17(10-22)26-20(19(25)18(11)24)13-4-7-16(21)14(9-13)8-12-2-5-15(23)6-3-12/h2-7,9,11,17-20,22-25H,8,10H2,1H3/t11-,17-,18+,19-,20?/m1/s1. The van der Waals surface area contributed by atoms with E-state index in [4.69, 9.17) is 16.3 Å². The minimum atomic E-state index is -1.09. The molecule has 140 valence electrons. The van der Waals surface area contributed by atoms with Crippen molar-refractivity contribution in [2.75, 3.05) is 6.61 Å². The van der Waals surface area contributed by atoms with E-state index < -0.39 is 24.4 Å². The number of rotatable bonds is 4. The van der Waals surface area contributed by atoms with E-state index in [9.17, 15) is 20.4 Å². The number of aliphatic hydroxyl groups excluding tert-OH is 3. The summed E-state index contributed by atoms with van der Waals surface area (Å²) in [6.45, 7) is 1.51. The van der Waals surface area contributed by atoms with E-state index in [1.165, 1.54) is 0 Å². The van der Waals surface area contributed by atoms with Gasteiger partial charge in [-0.1, -0.05) is 42.8 Å². The van der Waals surface area contributed by atoms with E-state index in [-0.39, 0.29) is 18.3 Å². The zero-order valence-electron chi connectivity index (χ0n) is 14.4. The van der Waals surface area contributed by atoms with Crippen LogP contribution in [0.1, 0.15) is 29.7 Å². The number of benzene rings is 2. The highest BCUT2D eigenvalue weighted by Crippen LogP contribution is 2.36. The quantitative estimate of drug-likeness (QED) is 0.656.